The minimum absolute atomic E-state index is 0.177. The van der Waals surface area contributed by atoms with Crippen LogP contribution in [-0.2, 0) is 22.5 Å². The van der Waals surface area contributed by atoms with Gasteiger partial charge in [0, 0.05) is 18.3 Å². The topological polar surface area (TPSA) is 56.2 Å². The summed E-state index contributed by atoms with van der Waals surface area (Å²) in [6.45, 7) is 13.3. The Hall–Kier alpha value is -1.36. The second-order valence-corrected chi connectivity index (χ2v) is 5.64. The number of nitrogens with one attached hydrogen (secondary N) is 1. The molecule has 1 rings (SSSR count). The van der Waals surface area contributed by atoms with E-state index in [9.17, 15) is 4.79 Å². The van der Waals surface area contributed by atoms with E-state index < -0.39 is 0 Å². The lowest BCUT2D eigenvalue weighted by atomic mass is 10.1. The van der Waals surface area contributed by atoms with Crippen LogP contribution in [0.5, 0.6) is 0 Å². The summed E-state index contributed by atoms with van der Waals surface area (Å²) in [4.78, 5) is 12.0. The second kappa shape index (κ2) is 8.17. The molecule has 0 aliphatic carbocycles. The molecule has 1 N–H and O–H groups in total. The van der Waals surface area contributed by atoms with E-state index in [1.807, 2.05) is 32.4 Å². The van der Waals surface area contributed by atoms with Crippen LogP contribution < -0.4 is 5.32 Å². The minimum atomic E-state index is -0.279. The average Bonchev–Trinajstić information content (AvgIpc) is 2.68. The van der Waals surface area contributed by atoms with Crippen LogP contribution in [0.3, 0.4) is 0 Å². The Labute approximate surface area is 128 Å². The van der Waals surface area contributed by atoms with Gasteiger partial charge in [-0.1, -0.05) is 20.8 Å². The zero-order chi connectivity index (χ0) is 16.0. The largest absolute Gasteiger partial charge is 0.465 e. The van der Waals surface area contributed by atoms with Crippen molar-refractivity contribution < 1.29 is 9.53 Å². The molecule has 0 amide bonds. The van der Waals surface area contributed by atoms with Gasteiger partial charge in [0.25, 0.3) is 0 Å². The van der Waals surface area contributed by atoms with E-state index in [0.29, 0.717) is 13.0 Å². The number of rotatable bonds is 8. The van der Waals surface area contributed by atoms with E-state index in [2.05, 4.69) is 24.3 Å². The van der Waals surface area contributed by atoms with Crippen LogP contribution in [0, 0.1) is 13.8 Å². The fraction of sp³-hybridized carbons (Fsp3) is 0.750. The highest BCUT2D eigenvalue weighted by Crippen LogP contribution is 2.14. The maximum Gasteiger partial charge on any atom is 0.323 e. The van der Waals surface area contributed by atoms with Crippen molar-refractivity contribution in [2.75, 3.05) is 6.61 Å². The first kappa shape index (κ1) is 17.7. The summed E-state index contributed by atoms with van der Waals surface area (Å²) >= 11 is 0. The number of aryl methyl sites for hydroxylation is 2. The SMILES string of the molecule is CCOC(=O)C(CCn1nc(C)c(CC)c1C)NC(C)C. The van der Waals surface area contributed by atoms with E-state index in [4.69, 9.17) is 4.74 Å². The van der Waals surface area contributed by atoms with Gasteiger partial charge in [-0.05, 0) is 39.2 Å². The van der Waals surface area contributed by atoms with Gasteiger partial charge >= 0.3 is 5.97 Å². The third-order valence-electron chi connectivity index (χ3n) is 3.62. The first-order valence-corrected chi connectivity index (χ1v) is 7.86. The van der Waals surface area contributed by atoms with Crippen LogP contribution in [0.15, 0.2) is 0 Å². The molecule has 0 spiro atoms. The molecule has 0 aliphatic heterocycles. The molecule has 1 heterocycles. The summed E-state index contributed by atoms with van der Waals surface area (Å²) in [5, 5.41) is 7.85. The average molecular weight is 295 g/mol. The lowest BCUT2D eigenvalue weighted by molar-refractivity contribution is -0.146. The molecule has 1 aromatic rings. The molecule has 0 aromatic carbocycles. The summed E-state index contributed by atoms with van der Waals surface area (Å²) in [5.74, 6) is -0.177. The summed E-state index contributed by atoms with van der Waals surface area (Å²) in [5.41, 5.74) is 3.58. The molecule has 120 valence electrons. The van der Waals surface area contributed by atoms with Crippen LogP contribution in [0.4, 0.5) is 0 Å². The molecule has 5 nitrogen and oxygen atoms in total. The zero-order valence-electron chi connectivity index (χ0n) is 14.2. The van der Waals surface area contributed by atoms with Crippen molar-refractivity contribution in [2.45, 2.75) is 73.0 Å². The van der Waals surface area contributed by atoms with Gasteiger partial charge in [0.05, 0.1) is 12.3 Å². The molecular formula is C16H29N3O2. The van der Waals surface area contributed by atoms with Crippen LogP contribution in [0.1, 0.15) is 51.1 Å². The molecule has 1 aromatic heterocycles. The fourth-order valence-corrected chi connectivity index (χ4v) is 2.63. The molecule has 0 saturated heterocycles. The number of carbonyl (C=O) groups excluding carboxylic acids is 1. The van der Waals surface area contributed by atoms with Crippen LogP contribution >= 0.6 is 0 Å². The monoisotopic (exact) mass is 295 g/mol. The number of hydrogen-bond donors (Lipinski definition) is 1. The minimum Gasteiger partial charge on any atom is -0.465 e. The highest BCUT2D eigenvalue weighted by atomic mass is 16.5. The Kier molecular flexibility index (Phi) is 6.89. The predicted molar refractivity (Wildman–Crippen MR) is 84.4 cm³/mol. The number of carbonyl (C=O) groups is 1. The summed E-state index contributed by atoms with van der Waals surface area (Å²) in [6.07, 6.45) is 1.67. The molecule has 0 fully saturated rings. The van der Waals surface area contributed by atoms with Gasteiger partial charge in [0.2, 0.25) is 0 Å². The summed E-state index contributed by atoms with van der Waals surface area (Å²) in [7, 11) is 0. The molecule has 0 radical (unpaired) electrons. The van der Waals surface area contributed by atoms with Crippen molar-refractivity contribution in [1.29, 1.82) is 0 Å². The van der Waals surface area contributed by atoms with Gasteiger partial charge in [-0.25, -0.2) is 0 Å². The highest BCUT2D eigenvalue weighted by Gasteiger charge is 2.21. The van der Waals surface area contributed by atoms with Crippen molar-refractivity contribution >= 4 is 5.97 Å². The van der Waals surface area contributed by atoms with Crippen LogP contribution in [-0.4, -0.2) is 34.4 Å². The smallest absolute Gasteiger partial charge is 0.323 e. The Morgan fingerprint density at radius 2 is 2.00 bits per heavy atom. The van der Waals surface area contributed by atoms with Gasteiger partial charge in [-0.3, -0.25) is 9.48 Å². The number of esters is 1. The van der Waals surface area contributed by atoms with Crippen LogP contribution in [0.25, 0.3) is 0 Å². The van der Waals surface area contributed by atoms with Gasteiger partial charge in [-0.15, -0.1) is 0 Å². The molecule has 0 bridgehead atoms. The van der Waals surface area contributed by atoms with Gasteiger partial charge in [0.15, 0.2) is 0 Å². The van der Waals surface area contributed by atoms with E-state index in [1.54, 1.807) is 0 Å². The third-order valence-corrected chi connectivity index (χ3v) is 3.62. The number of hydrogen-bond acceptors (Lipinski definition) is 4. The number of ether oxygens (including phenoxy) is 1. The van der Waals surface area contributed by atoms with E-state index in [0.717, 1.165) is 18.7 Å². The third kappa shape index (κ3) is 4.84. The van der Waals surface area contributed by atoms with Crippen molar-refractivity contribution in [3.05, 3.63) is 17.0 Å². The van der Waals surface area contributed by atoms with E-state index in [1.165, 1.54) is 11.3 Å². The first-order valence-electron chi connectivity index (χ1n) is 7.86. The van der Waals surface area contributed by atoms with Gasteiger partial charge in [0.1, 0.15) is 6.04 Å². The molecular weight excluding hydrogens is 266 g/mol. The predicted octanol–water partition coefficient (Wildman–Crippen LogP) is 2.38. The normalized spacial score (nSPS) is 12.7. The first-order chi connectivity index (χ1) is 9.90. The molecule has 0 saturated carbocycles. The van der Waals surface area contributed by atoms with Gasteiger partial charge < -0.3 is 10.1 Å². The molecule has 0 aliphatic rings. The van der Waals surface area contributed by atoms with Gasteiger partial charge in [-0.2, -0.15) is 5.10 Å². The van der Waals surface area contributed by atoms with Crippen LogP contribution in [0.2, 0.25) is 0 Å². The molecule has 21 heavy (non-hydrogen) atoms. The summed E-state index contributed by atoms with van der Waals surface area (Å²) < 4.78 is 7.14. The standard InChI is InChI=1S/C16H29N3O2/c1-7-14-12(5)18-19(13(14)6)10-9-15(17-11(3)4)16(20)21-8-2/h11,15,17H,7-10H2,1-6H3. The molecule has 1 unspecified atom stereocenters. The molecule has 1 atom stereocenters. The Morgan fingerprint density at radius 3 is 2.48 bits per heavy atom. The maximum atomic E-state index is 12.0. The highest BCUT2D eigenvalue weighted by molar-refractivity contribution is 5.75. The van der Waals surface area contributed by atoms with Crippen molar-refractivity contribution in [3.8, 4) is 0 Å². The van der Waals surface area contributed by atoms with Crippen molar-refractivity contribution in [3.63, 3.8) is 0 Å². The Bertz CT molecular complexity index is 466. The zero-order valence-corrected chi connectivity index (χ0v) is 14.2. The fourth-order valence-electron chi connectivity index (χ4n) is 2.63. The second-order valence-electron chi connectivity index (χ2n) is 5.64. The lowest BCUT2D eigenvalue weighted by Crippen LogP contribution is -2.42. The lowest BCUT2D eigenvalue weighted by Gasteiger charge is -2.20. The quantitative estimate of drug-likeness (QED) is 0.748. The summed E-state index contributed by atoms with van der Waals surface area (Å²) in [6, 6.07) is -0.0370. The van der Waals surface area contributed by atoms with E-state index in [-0.39, 0.29) is 18.1 Å². The number of nitrogens with zero attached hydrogens (tertiary/aromatic N) is 2. The van der Waals surface area contributed by atoms with Crippen molar-refractivity contribution in [1.82, 2.24) is 15.1 Å². The number of aromatic nitrogens is 2. The Balaban J connectivity index is 2.74. The molecule has 5 heteroatoms. The van der Waals surface area contributed by atoms with E-state index >= 15 is 0 Å². The van der Waals surface area contributed by atoms with Crippen molar-refractivity contribution in [2.24, 2.45) is 0 Å². The Morgan fingerprint density at radius 1 is 1.33 bits per heavy atom. The maximum absolute atomic E-state index is 12.0.